The molecule has 8 nitrogen and oxygen atoms in total. The fraction of sp³-hybridized carbons (Fsp3) is 0.333. The Morgan fingerprint density at radius 2 is 1.84 bits per heavy atom. The van der Waals surface area contributed by atoms with Gasteiger partial charge in [-0.25, -0.2) is 14.6 Å². The number of aryl methyl sites for hydroxylation is 2. The van der Waals surface area contributed by atoms with Crippen LogP contribution in [0.1, 0.15) is 17.0 Å². The van der Waals surface area contributed by atoms with Crippen LogP contribution in [-0.4, -0.2) is 45.9 Å². The van der Waals surface area contributed by atoms with Crippen LogP contribution in [0.3, 0.4) is 0 Å². The van der Waals surface area contributed by atoms with Gasteiger partial charge in [-0.3, -0.25) is 4.79 Å². The van der Waals surface area contributed by atoms with Crippen LogP contribution in [0.5, 0.6) is 5.75 Å². The molecular formula is C21H21F3N6O2. The topological polar surface area (TPSA) is 85.2 Å². The second-order valence-corrected chi connectivity index (χ2v) is 7.58. The van der Waals surface area contributed by atoms with E-state index in [1.165, 1.54) is 19.5 Å². The first-order valence-electron chi connectivity index (χ1n) is 9.82. The molecule has 1 aromatic carbocycles. The number of ether oxygens (including phenoxy) is 1. The number of benzene rings is 1. The van der Waals surface area contributed by atoms with Gasteiger partial charge in [0.1, 0.15) is 17.9 Å². The highest BCUT2D eigenvalue weighted by molar-refractivity contribution is 5.95. The molecule has 1 aliphatic rings. The van der Waals surface area contributed by atoms with Crippen LogP contribution in [0.15, 0.2) is 36.7 Å². The largest absolute Gasteiger partial charge is 0.495 e. The van der Waals surface area contributed by atoms with E-state index in [9.17, 15) is 18.0 Å². The molecule has 0 spiro atoms. The molecule has 3 heterocycles. The summed E-state index contributed by atoms with van der Waals surface area (Å²) in [4.78, 5) is 23.0. The number of hydrogen-bond acceptors (Lipinski definition) is 6. The van der Waals surface area contributed by atoms with Gasteiger partial charge in [0, 0.05) is 24.8 Å². The predicted octanol–water partition coefficient (Wildman–Crippen LogP) is 3.38. The maximum Gasteiger partial charge on any atom is 0.416 e. The molecule has 0 unspecified atom stereocenters. The van der Waals surface area contributed by atoms with Crippen molar-refractivity contribution in [3.05, 3.63) is 53.6 Å². The lowest BCUT2D eigenvalue weighted by Crippen LogP contribution is -2.52. The van der Waals surface area contributed by atoms with E-state index < -0.39 is 17.7 Å². The lowest BCUT2D eigenvalue weighted by molar-refractivity contribution is -0.137. The number of carbonyl (C=O) groups is 1. The highest BCUT2D eigenvalue weighted by atomic mass is 19.4. The molecule has 2 aromatic heterocycles. The van der Waals surface area contributed by atoms with Crippen LogP contribution in [0, 0.1) is 19.8 Å². The van der Waals surface area contributed by atoms with Gasteiger partial charge in [0.25, 0.3) is 0 Å². The summed E-state index contributed by atoms with van der Waals surface area (Å²) in [5, 5.41) is 6.97. The summed E-state index contributed by atoms with van der Waals surface area (Å²) in [6.07, 6.45) is -3.09. The molecular weight excluding hydrogens is 425 g/mol. The van der Waals surface area contributed by atoms with Crippen LogP contribution < -0.4 is 15.0 Å². The second-order valence-electron chi connectivity index (χ2n) is 7.58. The third-order valence-corrected chi connectivity index (χ3v) is 5.23. The number of halogens is 3. The van der Waals surface area contributed by atoms with Crippen LogP contribution in [0.25, 0.3) is 5.82 Å². The number of methoxy groups -OCH3 is 1. The maximum atomic E-state index is 13.0. The average Bonchev–Trinajstić information content (AvgIpc) is 3.04. The molecule has 1 saturated heterocycles. The van der Waals surface area contributed by atoms with E-state index in [2.05, 4.69) is 20.4 Å². The third-order valence-electron chi connectivity index (χ3n) is 5.23. The number of alkyl halides is 3. The van der Waals surface area contributed by atoms with Gasteiger partial charge in [0.05, 0.1) is 30.0 Å². The number of nitrogens with one attached hydrogen (secondary N) is 1. The number of nitrogens with zero attached hydrogens (tertiary/aromatic N) is 5. The first-order chi connectivity index (χ1) is 15.2. The normalized spacial score (nSPS) is 14.2. The molecule has 1 aliphatic heterocycles. The Morgan fingerprint density at radius 1 is 1.12 bits per heavy atom. The van der Waals surface area contributed by atoms with Crippen LogP contribution >= 0.6 is 0 Å². The van der Waals surface area contributed by atoms with E-state index >= 15 is 0 Å². The van der Waals surface area contributed by atoms with E-state index in [-0.39, 0.29) is 17.3 Å². The summed E-state index contributed by atoms with van der Waals surface area (Å²) >= 11 is 0. The summed E-state index contributed by atoms with van der Waals surface area (Å²) in [6, 6.07) is 6.69. The van der Waals surface area contributed by atoms with Crippen LogP contribution in [0.2, 0.25) is 0 Å². The molecule has 0 atom stereocenters. The first kappa shape index (κ1) is 21.6. The van der Waals surface area contributed by atoms with E-state index in [1.807, 2.05) is 24.8 Å². The van der Waals surface area contributed by atoms with Crippen molar-refractivity contribution in [2.24, 2.45) is 5.92 Å². The van der Waals surface area contributed by atoms with Crippen LogP contribution in [0.4, 0.5) is 24.7 Å². The molecule has 11 heteroatoms. The Morgan fingerprint density at radius 3 is 2.47 bits per heavy atom. The van der Waals surface area contributed by atoms with Crippen molar-refractivity contribution in [3.63, 3.8) is 0 Å². The maximum absolute atomic E-state index is 13.0. The molecule has 0 radical (unpaired) electrons. The second kappa shape index (κ2) is 8.13. The molecule has 1 amide bonds. The average molecular weight is 446 g/mol. The van der Waals surface area contributed by atoms with Gasteiger partial charge in [0.2, 0.25) is 5.91 Å². The summed E-state index contributed by atoms with van der Waals surface area (Å²) in [6.45, 7) is 4.57. The summed E-state index contributed by atoms with van der Waals surface area (Å²) in [5.74, 6) is 0.631. The predicted molar refractivity (Wildman–Crippen MR) is 111 cm³/mol. The monoisotopic (exact) mass is 446 g/mol. The summed E-state index contributed by atoms with van der Waals surface area (Å²) in [7, 11) is 1.33. The van der Waals surface area contributed by atoms with Gasteiger partial charge in [-0.2, -0.15) is 18.3 Å². The van der Waals surface area contributed by atoms with Crippen molar-refractivity contribution < 1.29 is 22.7 Å². The molecule has 1 N–H and O–H groups in total. The van der Waals surface area contributed by atoms with Crippen LogP contribution in [-0.2, 0) is 11.0 Å². The van der Waals surface area contributed by atoms with Crippen molar-refractivity contribution >= 4 is 17.4 Å². The van der Waals surface area contributed by atoms with Gasteiger partial charge in [-0.05, 0) is 38.1 Å². The fourth-order valence-corrected chi connectivity index (χ4v) is 3.54. The third kappa shape index (κ3) is 4.23. The zero-order valence-corrected chi connectivity index (χ0v) is 17.6. The molecule has 0 bridgehead atoms. The molecule has 168 valence electrons. The number of anilines is 2. The minimum Gasteiger partial charge on any atom is -0.495 e. The zero-order valence-electron chi connectivity index (χ0n) is 17.6. The van der Waals surface area contributed by atoms with E-state index in [1.54, 1.807) is 10.7 Å². The Hall–Kier alpha value is -3.63. The lowest BCUT2D eigenvalue weighted by Gasteiger charge is -2.39. The van der Waals surface area contributed by atoms with Gasteiger partial charge in [-0.1, -0.05) is 0 Å². The Bertz CT molecular complexity index is 1150. The van der Waals surface area contributed by atoms with Crippen molar-refractivity contribution in [1.29, 1.82) is 0 Å². The molecule has 0 saturated carbocycles. The number of rotatable bonds is 5. The number of carbonyl (C=O) groups excluding carboxylic acids is 1. The Kier molecular flexibility index (Phi) is 5.49. The summed E-state index contributed by atoms with van der Waals surface area (Å²) < 4.78 is 45.9. The van der Waals surface area contributed by atoms with Gasteiger partial charge >= 0.3 is 6.18 Å². The molecule has 32 heavy (non-hydrogen) atoms. The summed E-state index contributed by atoms with van der Waals surface area (Å²) in [5.41, 5.74) is 0.928. The molecule has 4 rings (SSSR count). The fourth-order valence-electron chi connectivity index (χ4n) is 3.54. The highest BCUT2D eigenvalue weighted by Crippen LogP contribution is 2.35. The lowest BCUT2D eigenvalue weighted by atomic mass is 9.99. The van der Waals surface area contributed by atoms with E-state index in [0.717, 1.165) is 23.5 Å². The minimum atomic E-state index is -4.52. The van der Waals surface area contributed by atoms with Gasteiger partial charge < -0.3 is 15.0 Å². The van der Waals surface area contributed by atoms with Gasteiger partial charge in [-0.15, -0.1) is 0 Å². The van der Waals surface area contributed by atoms with Crippen molar-refractivity contribution in [3.8, 4) is 11.6 Å². The Balaban J connectivity index is 1.44. The smallest absolute Gasteiger partial charge is 0.416 e. The number of amides is 1. The highest BCUT2D eigenvalue weighted by Gasteiger charge is 2.35. The minimum absolute atomic E-state index is 0.0142. The first-order valence-corrected chi connectivity index (χ1v) is 9.82. The van der Waals surface area contributed by atoms with Crippen molar-refractivity contribution in [2.75, 3.05) is 30.4 Å². The van der Waals surface area contributed by atoms with Gasteiger partial charge in [0.15, 0.2) is 5.82 Å². The Labute approximate surface area is 182 Å². The number of hydrogen-bond donors (Lipinski definition) is 1. The van der Waals surface area contributed by atoms with E-state index in [0.29, 0.717) is 24.7 Å². The van der Waals surface area contributed by atoms with Crippen molar-refractivity contribution in [2.45, 2.75) is 20.0 Å². The number of aromatic nitrogens is 4. The SMILES string of the molecule is COc1ccc(C(F)(F)F)cc1NC(=O)C1CN(c2cc(-n3nc(C)cc3C)ncn2)C1. The standard InChI is InChI=1S/C21H21F3N6O2/c1-12-6-13(2)30(28-12)19-8-18(25-11-26-19)29-9-14(10-29)20(31)27-16-7-15(21(22,23)24)4-5-17(16)32-3/h4-8,11,14H,9-10H2,1-3H3,(H,27,31). The van der Waals surface area contributed by atoms with E-state index in [4.69, 9.17) is 4.74 Å². The zero-order chi connectivity index (χ0) is 23.0. The molecule has 3 aromatic rings. The molecule has 1 fully saturated rings. The molecule has 0 aliphatic carbocycles. The quantitative estimate of drug-likeness (QED) is 0.647. The van der Waals surface area contributed by atoms with Crippen molar-refractivity contribution in [1.82, 2.24) is 19.7 Å².